The van der Waals surface area contributed by atoms with Crippen LogP contribution in [0, 0.1) is 17.3 Å². The van der Waals surface area contributed by atoms with Gasteiger partial charge in [0.2, 0.25) is 0 Å². The van der Waals surface area contributed by atoms with Crippen molar-refractivity contribution < 1.29 is 9.53 Å². The van der Waals surface area contributed by atoms with E-state index in [1.807, 2.05) is 24.3 Å². The van der Waals surface area contributed by atoms with Crippen molar-refractivity contribution in [2.45, 2.75) is 51.4 Å². The van der Waals surface area contributed by atoms with Crippen LogP contribution >= 0.6 is 0 Å². The van der Waals surface area contributed by atoms with Crippen LogP contribution in [0.25, 0.3) is 0 Å². The molecule has 0 aromatic heterocycles. The number of rotatable bonds is 2. The topological polar surface area (TPSA) is 52.3 Å². The first-order valence-electron chi connectivity index (χ1n) is 10.2. The Bertz CT molecular complexity index is 905. The number of carbonyl (C=O) groups excluding carboxylic acids is 1. The maximum Gasteiger partial charge on any atom is 0.150 e. The normalized spacial score (nSPS) is 31.7. The molecule has 5 rings (SSSR count). The Morgan fingerprint density at radius 3 is 2.78 bits per heavy atom. The van der Waals surface area contributed by atoms with Gasteiger partial charge in [0, 0.05) is 11.8 Å². The van der Waals surface area contributed by atoms with Crippen molar-refractivity contribution in [1.82, 2.24) is 0 Å². The second-order valence-electron chi connectivity index (χ2n) is 8.83. The number of nitrogen functional groups attached to an aromatic ring is 1. The summed E-state index contributed by atoms with van der Waals surface area (Å²) in [6.45, 7) is 2.24. The summed E-state index contributed by atoms with van der Waals surface area (Å²) in [6, 6.07) is 14.2. The van der Waals surface area contributed by atoms with Gasteiger partial charge in [-0.2, -0.15) is 0 Å². The Hall–Kier alpha value is -2.29. The number of ether oxygens (including phenoxy) is 1. The molecule has 140 valence electrons. The maximum atomic E-state index is 12.5. The Balaban J connectivity index is 1.42. The number of benzene rings is 2. The molecule has 0 radical (unpaired) electrons. The number of carbonyl (C=O) groups is 1. The Kier molecular flexibility index (Phi) is 3.82. The van der Waals surface area contributed by atoms with E-state index in [1.165, 1.54) is 17.5 Å². The van der Waals surface area contributed by atoms with Crippen LogP contribution in [0.3, 0.4) is 0 Å². The van der Waals surface area contributed by atoms with E-state index < -0.39 is 0 Å². The van der Waals surface area contributed by atoms with E-state index in [-0.39, 0.29) is 5.41 Å². The molecule has 2 N–H and O–H groups in total. The van der Waals surface area contributed by atoms with Gasteiger partial charge >= 0.3 is 0 Å². The van der Waals surface area contributed by atoms with Crippen molar-refractivity contribution in [3.05, 3.63) is 53.6 Å². The minimum Gasteiger partial charge on any atom is -0.455 e. The first kappa shape index (κ1) is 16.9. The number of anilines is 1. The fourth-order valence-corrected chi connectivity index (χ4v) is 6.09. The summed E-state index contributed by atoms with van der Waals surface area (Å²) in [5, 5.41) is 0. The van der Waals surface area contributed by atoms with E-state index in [9.17, 15) is 4.79 Å². The van der Waals surface area contributed by atoms with Crippen molar-refractivity contribution in [1.29, 1.82) is 0 Å². The summed E-state index contributed by atoms with van der Waals surface area (Å²) in [7, 11) is 0. The molecule has 2 saturated carbocycles. The van der Waals surface area contributed by atoms with E-state index in [1.54, 1.807) is 0 Å². The molecule has 4 unspecified atom stereocenters. The van der Waals surface area contributed by atoms with Gasteiger partial charge in [-0.25, -0.2) is 0 Å². The van der Waals surface area contributed by atoms with E-state index in [0.717, 1.165) is 37.9 Å². The van der Waals surface area contributed by atoms with Crippen LogP contribution in [0.15, 0.2) is 42.5 Å². The van der Waals surface area contributed by atoms with Crippen LogP contribution in [-0.2, 0) is 11.2 Å². The molecule has 2 aromatic rings. The van der Waals surface area contributed by atoms with Crippen LogP contribution in [0.5, 0.6) is 11.5 Å². The van der Waals surface area contributed by atoms with Crippen molar-refractivity contribution in [2.24, 2.45) is 17.3 Å². The number of nitrogens with two attached hydrogens (primary N) is 1. The van der Waals surface area contributed by atoms with E-state index in [4.69, 9.17) is 10.5 Å². The van der Waals surface area contributed by atoms with Gasteiger partial charge in [-0.05, 0) is 85.3 Å². The second-order valence-corrected chi connectivity index (χ2v) is 8.83. The Labute approximate surface area is 160 Å². The lowest BCUT2D eigenvalue weighted by Gasteiger charge is -2.48. The summed E-state index contributed by atoms with van der Waals surface area (Å²) in [5.41, 5.74) is 9.53. The number of ketones is 1. The summed E-state index contributed by atoms with van der Waals surface area (Å²) < 4.78 is 6.04. The zero-order chi connectivity index (χ0) is 18.6. The van der Waals surface area contributed by atoms with E-state index >= 15 is 0 Å². The molecule has 0 amide bonds. The highest BCUT2D eigenvalue weighted by Crippen LogP contribution is 2.59. The molecule has 0 bridgehead atoms. The summed E-state index contributed by atoms with van der Waals surface area (Å²) in [6.07, 6.45) is 6.36. The standard InChI is InChI=1S/C24H27NO2/c1-24-13-12-18-17-9-7-16(27-22-5-3-2-4-21(22)25)14-15(17)6-8-19(18)20(24)10-11-23(24)26/h2-5,7,9,14,18-20H,6,8,10-13,25H2,1H3. The van der Waals surface area contributed by atoms with Crippen molar-refractivity contribution in [3.8, 4) is 11.5 Å². The highest BCUT2D eigenvalue weighted by Gasteiger charge is 2.54. The molecule has 0 saturated heterocycles. The molecular weight excluding hydrogens is 334 g/mol. The smallest absolute Gasteiger partial charge is 0.150 e. The highest BCUT2D eigenvalue weighted by atomic mass is 16.5. The van der Waals surface area contributed by atoms with Gasteiger partial charge in [-0.1, -0.05) is 25.1 Å². The van der Waals surface area contributed by atoms with Crippen LogP contribution in [0.1, 0.15) is 56.1 Å². The highest BCUT2D eigenvalue weighted by molar-refractivity contribution is 5.87. The fourth-order valence-electron chi connectivity index (χ4n) is 6.09. The molecule has 2 aromatic carbocycles. The molecule has 3 aliphatic rings. The maximum absolute atomic E-state index is 12.5. The molecule has 3 aliphatic carbocycles. The van der Waals surface area contributed by atoms with Crippen molar-refractivity contribution in [2.75, 3.05) is 5.73 Å². The van der Waals surface area contributed by atoms with E-state index in [0.29, 0.717) is 35.0 Å². The molecule has 27 heavy (non-hydrogen) atoms. The average Bonchev–Trinajstić information content (AvgIpc) is 2.98. The molecule has 0 spiro atoms. The third-order valence-electron chi connectivity index (χ3n) is 7.55. The van der Waals surface area contributed by atoms with Gasteiger partial charge in [0.1, 0.15) is 17.3 Å². The van der Waals surface area contributed by atoms with Gasteiger partial charge in [-0.3, -0.25) is 4.79 Å². The fraction of sp³-hybridized carbons (Fsp3) is 0.458. The quantitative estimate of drug-likeness (QED) is 0.720. The predicted octanol–water partition coefficient (Wildman–Crippen LogP) is 5.49. The van der Waals surface area contributed by atoms with Crippen molar-refractivity contribution >= 4 is 11.5 Å². The molecular formula is C24H27NO2. The minimum atomic E-state index is -0.0490. The average molecular weight is 361 g/mol. The second kappa shape index (κ2) is 6.12. The SMILES string of the molecule is CC12CCC3c4ccc(Oc5ccccc5N)cc4CCC3C1CCC2=O. The van der Waals surface area contributed by atoms with Crippen molar-refractivity contribution in [3.63, 3.8) is 0 Å². The zero-order valence-corrected chi connectivity index (χ0v) is 15.9. The summed E-state index contributed by atoms with van der Waals surface area (Å²) in [4.78, 5) is 12.5. The van der Waals surface area contributed by atoms with Gasteiger partial charge in [0.05, 0.1) is 5.69 Å². The van der Waals surface area contributed by atoms with Gasteiger partial charge < -0.3 is 10.5 Å². The number of hydrogen-bond donors (Lipinski definition) is 1. The molecule has 2 fully saturated rings. The Morgan fingerprint density at radius 2 is 1.93 bits per heavy atom. The zero-order valence-electron chi connectivity index (χ0n) is 15.9. The number of fused-ring (bicyclic) bond motifs is 5. The third kappa shape index (κ3) is 2.59. The summed E-state index contributed by atoms with van der Waals surface area (Å²) in [5.74, 6) is 3.94. The molecule has 3 nitrogen and oxygen atoms in total. The van der Waals surface area contributed by atoms with Crippen LogP contribution < -0.4 is 10.5 Å². The molecule has 4 atom stereocenters. The van der Waals surface area contributed by atoms with Gasteiger partial charge in [0.25, 0.3) is 0 Å². The van der Waals surface area contributed by atoms with Crippen LogP contribution in [-0.4, -0.2) is 5.78 Å². The first-order chi connectivity index (χ1) is 13.1. The lowest BCUT2D eigenvalue weighted by Crippen LogP contribution is -2.42. The Morgan fingerprint density at radius 1 is 1.07 bits per heavy atom. The largest absolute Gasteiger partial charge is 0.455 e. The van der Waals surface area contributed by atoms with Crippen LogP contribution in [0.2, 0.25) is 0 Å². The number of para-hydroxylation sites is 2. The third-order valence-corrected chi connectivity index (χ3v) is 7.55. The lowest BCUT2D eigenvalue weighted by atomic mass is 9.55. The molecule has 0 aliphatic heterocycles. The molecule has 3 heteroatoms. The number of aryl methyl sites for hydroxylation is 1. The number of hydrogen-bond acceptors (Lipinski definition) is 3. The van der Waals surface area contributed by atoms with Gasteiger partial charge in [-0.15, -0.1) is 0 Å². The lowest BCUT2D eigenvalue weighted by molar-refractivity contribution is -0.129. The number of Topliss-reactive ketones (excluding diaryl/α,β-unsaturated/α-hetero) is 1. The van der Waals surface area contributed by atoms with Gasteiger partial charge in [0.15, 0.2) is 0 Å². The van der Waals surface area contributed by atoms with E-state index in [2.05, 4.69) is 25.1 Å². The monoisotopic (exact) mass is 361 g/mol. The minimum absolute atomic E-state index is 0.0490. The van der Waals surface area contributed by atoms with Crippen LogP contribution in [0.4, 0.5) is 5.69 Å². The first-order valence-corrected chi connectivity index (χ1v) is 10.2. The predicted molar refractivity (Wildman–Crippen MR) is 107 cm³/mol. The molecule has 0 heterocycles. The summed E-state index contributed by atoms with van der Waals surface area (Å²) >= 11 is 0.